The highest BCUT2D eigenvalue weighted by Gasteiger charge is 2.22. The number of hydrogen-bond donors (Lipinski definition) is 2. The number of hydrogen-bond acceptors (Lipinski definition) is 11. The Morgan fingerprint density at radius 2 is 1.81 bits per heavy atom. The van der Waals surface area contributed by atoms with Crippen molar-refractivity contribution in [2.75, 3.05) is 61.0 Å². The fraction of sp³-hybridized carbons (Fsp3) is 0.500. The van der Waals surface area contributed by atoms with Crippen molar-refractivity contribution in [2.45, 2.75) is 25.5 Å². The van der Waals surface area contributed by atoms with Gasteiger partial charge >= 0.3 is 0 Å². The number of aromatic nitrogens is 7. The molecule has 1 atom stereocenters. The lowest BCUT2D eigenvalue weighted by Crippen LogP contribution is -2.47. The van der Waals surface area contributed by atoms with Gasteiger partial charge in [-0.3, -0.25) is 4.68 Å². The number of morpholine rings is 1. The van der Waals surface area contributed by atoms with E-state index in [2.05, 4.69) is 62.3 Å². The summed E-state index contributed by atoms with van der Waals surface area (Å²) < 4.78 is 7.62. The molecular weight excluding hydrogens is 458 g/mol. The molecule has 1 saturated carbocycles. The molecule has 0 amide bonds. The molecule has 12 nitrogen and oxygen atoms in total. The lowest BCUT2D eigenvalue weighted by Gasteiger charge is -2.34. The van der Waals surface area contributed by atoms with Crippen LogP contribution in [0.2, 0.25) is 0 Å². The van der Waals surface area contributed by atoms with Gasteiger partial charge in [-0.15, -0.1) is 0 Å². The van der Waals surface area contributed by atoms with E-state index in [0.29, 0.717) is 24.4 Å². The molecule has 3 aliphatic rings. The average Bonchev–Trinajstić information content (AvgIpc) is 3.67. The largest absolute Gasteiger partial charge is 0.374 e. The van der Waals surface area contributed by atoms with Gasteiger partial charge in [-0.05, 0) is 12.8 Å². The van der Waals surface area contributed by atoms with Crippen LogP contribution in [0.3, 0.4) is 0 Å². The number of rotatable bonds is 6. The van der Waals surface area contributed by atoms with Gasteiger partial charge in [0.05, 0.1) is 36.7 Å². The normalized spacial score (nSPS) is 20.1. The number of nitrogens with zero attached hydrogens (tertiary/aromatic N) is 9. The predicted octanol–water partition coefficient (Wildman–Crippen LogP) is 0.678. The Morgan fingerprint density at radius 1 is 1.00 bits per heavy atom. The third kappa shape index (κ3) is 5.69. The maximum Gasteiger partial charge on any atom is 0.232 e. The molecule has 12 heteroatoms. The van der Waals surface area contributed by atoms with E-state index in [0.717, 1.165) is 63.1 Å². The number of anilines is 4. The maximum absolute atomic E-state index is 5.75. The van der Waals surface area contributed by atoms with Gasteiger partial charge in [0.1, 0.15) is 6.33 Å². The summed E-state index contributed by atoms with van der Waals surface area (Å²) in [6.45, 7) is 6.26. The summed E-state index contributed by atoms with van der Waals surface area (Å²) in [4.78, 5) is 26.7. The van der Waals surface area contributed by atoms with Crippen molar-refractivity contribution >= 4 is 23.5 Å². The van der Waals surface area contributed by atoms with Gasteiger partial charge in [0, 0.05) is 63.8 Å². The van der Waals surface area contributed by atoms with Crippen molar-refractivity contribution in [2.24, 2.45) is 5.92 Å². The zero-order chi connectivity index (χ0) is 24.2. The molecule has 6 rings (SSSR count). The van der Waals surface area contributed by atoms with Crippen LogP contribution in [0.25, 0.3) is 0 Å². The van der Waals surface area contributed by atoms with Gasteiger partial charge in [0.15, 0.2) is 0 Å². The molecular formula is C24H29N11O. The highest BCUT2D eigenvalue weighted by molar-refractivity contribution is 5.51. The Balaban J connectivity index is 1.03. The smallest absolute Gasteiger partial charge is 0.232 e. The highest BCUT2D eigenvalue weighted by Crippen LogP contribution is 2.27. The Morgan fingerprint density at radius 3 is 2.56 bits per heavy atom. The number of nitrogens with one attached hydrogen (secondary N) is 2. The van der Waals surface area contributed by atoms with Gasteiger partial charge in [-0.2, -0.15) is 10.1 Å². The molecule has 0 radical (unpaired) electrons. The number of ether oxygens (including phenoxy) is 1. The van der Waals surface area contributed by atoms with Crippen LogP contribution in [0, 0.1) is 17.8 Å². The van der Waals surface area contributed by atoms with E-state index in [4.69, 9.17) is 4.74 Å². The molecule has 3 fully saturated rings. The molecule has 2 saturated heterocycles. The minimum Gasteiger partial charge on any atom is -0.374 e. The second kappa shape index (κ2) is 10.4. The molecule has 0 spiro atoms. The summed E-state index contributed by atoms with van der Waals surface area (Å²) in [5.41, 5.74) is 1.70. The molecule has 5 heterocycles. The van der Waals surface area contributed by atoms with Crippen molar-refractivity contribution in [1.29, 1.82) is 0 Å². The number of piperazine rings is 1. The molecule has 0 aromatic carbocycles. The van der Waals surface area contributed by atoms with Gasteiger partial charge in [-0.25, -0.2) is 19.9 Å². The van der Waals surface area contributed by atoms with E-state index < -0.39 is 0 Å². The molecule has 3 aromatic heterocycles. The molecule has 3 aromatic rings. The van der Waals surface area contributed by atoms with Crippen LogP contribution in [0.15, 0.2) is 31.1 Å². The van der Waals surface area contributed by atoms with E-state index >= 15 is 0 Å². The molecule has 2 aliphatic heterocycles. The standard InChI is InChI=1S/C24H29N11O/c1-2-18(1)3-4-19-11-26-23(27-12-19)33-6-8-34(9-7-33)24-29-17-28-22(32-24)31-20-13-30-35(15-20)16-21-14-25-5-10-36-21/h11-13,15,17-18,21,25H,1-2,5-10,14,16H2,(H,28,29,31,32). The quantitative estimate of drug-likeness (QED) is 0.477. The molecule has 2 N–H and O–H groups in total. The van der Waals surface area contributed by atoms with Crippen LogP contribution < -0.4 is 20.4 Å². The van der Waals surface area contributed by atoms with Gasteiger partial charge in [-0.1, -0.05) is 11.8 Å². The van der Waals surface area contributed by atoms with Crippen molar-refractivity contribution in [3.05, 3.63) is 36.7 Å². The van der Waals surface area contributed by atoms with Crippen molar-refractivity contribution in [3.63, 3.8) is 0 Å². The first kappa shape index (κ1) is 22.6. The molecule has 36 heavy (non-hydrogen) atoms. The Hall–Kier alpha value is -3.82. The second-order valence-corrected chi connectivity index (χ2v) is 9.17. The minimum absolute atomic E-state index is 0.123. The summed E-state index contributed by atoms with van der Waals surface area (Å²) in [6, 6.07) is 0. The molecule has 1 unspecified atom stereocenters. The molecule has 0 bridgehead atoms. The summed E-state index contributed by atoms with van der Waals surface area (Å²) in [6.07, 6.45) is 11.4. The zero-order valence-corrected chi connectivity index (χ0v) is 20.0. The topological polar surface area (TPSA) is 122 Å². The third-order valence-electron chi connectivity index (χ3n) is 6.33. The lowest BCUT2D eigenvalue weighted by molar-refractivity contribution is 0.0161. The van der Waals surface area contributed by atoms with Crippen LogP contribution >= 0.6 is 0 Å². The maximum atomic E-state index is 5.75. The van der Waals surface area contributed by atoms with E-state index in [1.807, 2.05) is 23.3 Å². The van der Waals surface area contributed by atoms with Crippen LogP contribution in [-0.4, -0.2) is 86.7 Å². The van der Waals surface area contributed by atoms with Crippen LogP contribution in [-0.2, 0) is 11.3 Å². The summed E-state index contributed by atoms with van der Waals surface area (Å²) in [5, 5.41) is 11.0. The lowest BCUT2D eigenvalue weighted by atomic mass is 10.3. The average molecular weight is 488 g/mol. The SMILES string of the molecule is C(#CC1CC1)c1cnc(N2CCN(c3ncnc(Nc4cnn(CC5CNCCO5)c4)n3)CC2)nc1. The second-order valence-electron chi connectivity index (χ2n) is 9.17. The Labute approximate surface area is 209 Å². The fourth-order valence-corrected chi connectivity index (χ4v) is 4.17. The highest BCUT2D eigenvalue weighted by atomic mass is 16.5. The van der Waals surface area contributed by atoms with Crippen LogP contribution in [0.5, 0.6) is 0 Å². The van der Waals surface area contributed by atoms with Gasteiger partial charge < -0.3 is 25.2 Å². The van der Waals surface area contributed by atoms with E-state index in [9.17, 15) is 0 Å². The zero-order valence-electron chi connectivity index (χ0n) is 20.0. The molecule has 1 aliphatic carbocycles. The molecule has 186 valence electrons. The van der Waals surface area contributed by atoms with Crippen LogP contribution in [0.1, 0.15) is 18.4 Å². The first-order valence-electron chi connectivity index (χ1n) is 12.4. The van der Waals surface area contributed by atoms with Crippen molar-refractivity contribution in [3.8, 4) is 11.8 Å². The van der Waals surface area contributed by atoms with Gasteiger partial charge in [0.2, 0.25) is 17.8 Å². The Kier molecular flexibility index (Phi) is 6.56. The predicted molar refractivity (Wildman–Crippen MR) is 134 cm³/mol. The monoisotopic (exact) mass is 487 g/mol. The van der Waals surface area contributed by atoms with Crippen LogP contribution in [0.4, 0.5) is 23.5 Å². The van der Waals surface area contributed by atoms with E-state index in [-0.39, 0.29) is 6.10 Å². The van der Waals surface area contributed by atoms with Crippen molar-refractivity contribution in [1.82, 2.24) is 40.0 Å². The fourth-order valence-electron chi connectivity index (χ4n) is 4.17. The summed E-state index contributed by atoms with van der Waals surface area (Å²) >= 11 is 0. The van der Waals surface area contributed by atoms with E-state index in [1.165, 1.54) is 19.2 Å². The van der Waals surface area contributed by atoms with Crippen molar-refractivity contribution < 1.29 is 4.74 Å². The first-order valence-corrected chi connectivity index (χ1v) is 12.4. The summed E-state index contributed by atoms with van der Waals surface area (Å²) in [7, 11) is 0. The van der Waals surface area contributed by atoms with Gasteiger partial charge in [0.25, 0.3) is 0 Å². The third-order valence-corrected chi connectivity index (χ3v) is 6.33. The first-order chi connectivity index (χ1) is 17.8. The summed E-state index contributed by atoms with van der Waals surface area (Å²) in [5.74, 6) is 8.85. The Bertz CT molecular complexity index is 1220. The minimum atomic E-state index is 0.123. The van der Waals surface area contributed by atoms with E-state index in [1.54, 1.807) is 6.20 Å².